The van der Waals surface area contributed by atoms with Crippen LogP contribution in [0.5, 0.6) is 5.75 Å². The Morgan fingerprint density at radius 3 is 2.60 bits per heavy atom. The van der Waals surface area contributed by atoms with E-state index in [0.29, 0.717) is 23.1 Å². The summed E-state index contributed by atoms with van der Waals surface area (Å²) in [7, 11) is 0. The molecule has 1 atom stereocenters. The molecule has 0 spiro atoms. The van der Waals surface area contributed by atoms with Gasteiger partial charge in [-0.1, -0.05) is 41.4 Å². The van der Waals surface area contributed by atoms with Crippen LogP contribution in [0.1, 0.15) is 18.1 Å². The highest BCUT2D eigenvalue weighted by molar-refractivity contribution is 6.31. The number of rotatable bonds is 5. The second-order valence-corrected chi connectivity index (χ2v) is 5.66. The largest absolute Gasteiger partial charge is 0.489 e. The van der Waals surface area contributed by atoms with Gasteiger partial charge in [0.1, 0.15) is 12.4 Å². The van der Waals surface area contributed by atoms with Crippen molar-refractivity contribution in [2.45, 2.75) is 26.0 Å². The van der Waals surface area contributed by atoms with Crippen molar-refractivity contribution in [3.63, 3.8) is 0 Å². The molecule has 0 saturated heterocycles. The van der Waals surface area contributed by atoms with Crippen molar-refractivity contribution in [2.75, 3.05) is 0 Å². The van der Waals surface area contributed by atoms with E-state index < -0.39 is 0 Å². The Kier molecular flexibility index (Phi) is 5.30. The summed E-state index contributed by atoms with van der Waals surface area (Å²) in [6, 6.07) is 13.3. The van der Waals surface area contributed by atoms with Crippen LogP contribution in [-0.2, 0) is 13.0 Å². The quantitative estimate of drug-likeness (QED) is 0.885. The molecule has 0 aromatic heterocycles. The molecular weight excluding hydrogens is 293 g/mol. The first-order valence-electron chi connectivity index (χ1n) is 6.46. The van der Waals surface area contributed by atoms with E-state index in [4.69, 9.17) is 33.7 Å². The van der Waals surface area contributed by atoms with E-state index >= 15 is 0 Å². The zero-order chi connectivity index (χ0) is 14.5. The van der Waals surface area contributed by atoms with Crippen molar-refractivity contribution in [1.82, 2.24) is 0 Å². The zero-order valence-electron chi connectivity index (χ0n) is 11.3. The summed E-state index contributed by atoms with van der Waals surface area (Å²) >= 11 is 12.2. The SMILES string of the molecule is CC(N)Cc1c(Cl)cccc1OCc1cccc(Cl)c1. The lowest BCUT2D eigenvalue weighted by molar-refractivity contribution is 0.302. The number of hydrogen-bond donors (Lipinski definition) is 1. The molecule has 2 aromatic carbocycles. The minimum atomic E-state index is 0.0309. The molecule has 1 unspecified atom stereocenters. The molecule has 4 heteroatoms. The molecule has 2 aromatic rings. The average molecular weight is 310 g/mol. The van der Waals surface area contributed by atoms with Gasteiger partial charge in [-0.3, -0.25) is 0 Å². The van der Waals surface area contributed by atoms with E-state index in [9.17, 15) is 0 Å². The Morgan fingerprint density at radius 1 is 1.15 bits per heavy atom. The van der Waals surface area contributed by atoms with Gasteiger partial charge >= 0.3 is 0 Å². The Hall–Kier alpha value is -1.22. The van der Waals surface area contributed by atoms with E-state index in [-0.39, 0.29) is 6.04 Å². The van der Waals surface area contributed by atoms with Gasteiger partial charge in [-0.05, 0) is 43.2 Å². The van der Waals surface area contributed by atoms with E-state index in [1.165, 1.54) is 0 Å². The first kappa shape index (κ1) is 15.2. The van der Waals surface area contributed by atoms with Gasteiger partial charge in [0, 0.05) is 21.7 Å². The Bertz CT molecular complexity index is 584. The third-order valence-corrected chi connectivity index (χ3v) is 3.47. The molecule has 0 aliphatic heterocycles. The molecule has 0 heterocycles. The van der Waals surface area contributed by atoms with E-state index in [1.807, 2.05) is 49.4 Å². The Morgan fingerprint density at radius 2 is 1.90 bits per heavy atom. The lowest BCUT2D eigenvalue weighted by Crippen LogP contribution is -2.18. The normalized spacial score (nSPS) is 12.2. The van der Waals surface area contributed by atoms with Gasteiger partial charge in [0.15, 0.2) is 0 Å². The first-order valence-corrected chi connectivity index (χ1v) is 7.22. The van der Waals surface area contributed by atoms with Crippen LogP contribution in [-0.4, -0.2) is 6.04 Å². The van der Waals surface area contributed by atoms with Crippen LogP contribution in [0, 0.1) is 0 Å². The Balaban J connectivity index is 2.15. The molecule has 2 N–H and O–H groups in total. The molecule has 0 amide bonds. The second kappa shape index (κ2) is 6.98. The average Bonchev–Trinajstić information content (AvgIpc) is 2.39. The number of halogens is 2. The van der Waals surface area contributed by atoms with Crippen molar-refractivity contribution in [3.05, 3.63) is 63.6 Å². The van der Waals surface area contributed by atoms with Gasteiger partial charge in [-0.15, -0.1) is 0 Å². The summed E-state index contributed by atoms with van der Waals surface area (Å²) in [5, 5.41) is 1.39. The summed E-state index contributed by atoms with van der Waals surface area (Å²) in [6.45, 7) is 2.40. The topological polar surface area (TPSA) is 35.2 Å². The molecule has 2 rings (SSSR count). The second-order valence-electron chi connectivity index (χ2n) is 4.82. The van der Waals surface area contributed by atoms with Crippen molar-refractivity contribution in [3.8, 4) is 5.75 Å². The third kappa shape index (κ3) is 4.14. The van der Waals surface area contributed by atoms with Crippen molar-refractivity contribution in [2.24, 2.45) is 5.73 Å². The molecule has 2 nitrogen and oxygen atoms in total. The minimum Gasteiger partial charge on any atom is -0.489 e. The third-order valence-electron chi connectivity index (χ3n) is 2.89. The van der Waals surface area contributed by atoms with E-state index in [2.05, 4.69) is 0 Å². The van der Waals surface area contributed by atoms with Gasteiger partial charge in [0.05, 0.1) is 0 Å². The van der Waals surface area contributed by atoms with Crippen LogP contribution in [0.4, 0.5) is 0 Å². The van der Waals surface area contributed by atoms with E-state index in [0.717, 1.165) is 16.9 Å². The molecule has 0 radical (unpaired) electrons. The zero-order valence-corrected chi connectivity index (χ0v) is 12.8. The number of ether oxygens (including phenoxy) is 1. The predicted molar refractivity (Wildman–Crippen MR) is 84.6 cm³/mol. The van der Waals surface area contributed by atoms with Crippen LogP contribution >= 0.6 is 23.2 Å². The van der Waals surface area contributed by atoms with Crippen molar-refractivity contribution in [1.29, 1.82) is 0 Å². The fourth-order valence-corrected chi connectivity index (χ4v) is 2.44. The van der Waals surface area contributed by atoms with Crippen LogP contribution in [0.3, 0.4) is 0 Å². The van der Waals surface area contributed by atoms with Crippen LogP contribution in [0.2, 0.25) is 10.0 Å². The highest BCUT2D eigenvalue weighted by atomic mass is 35.5. The predicted octanol–water partition coefficient (Wildman–Crippen LogP) is 4.46. The smallest absolute Gasteiger partial charge is 0.124 e. The lowest BCUT2D eigenvalue weighted by atomic mass is 10.1. The van der Waals surface area contributed by atoms with Gasteiger partial charge in [-0.25, -0.2) is 0 Å². The molecule has 0 aliphatic rings. The number of benzene rings is 2. The molecule has 20 heavy (non-hydrogen) atoms. The molecule has 106 valence electrons. The highest BCUT2D eigenvalue weighted by Gasteiger charge is 2.10. The molecule has 0 bridgehead atoms. The fourth-order valence-electron chi connectivity index (χ4n) is 1.98. The fraction of sp³-hybridized carbons (Fsp3) is 0.250. The maximum atomic E-state index is 6.22. The summed E-state index contributed by atoms with van der Waals surface area (Å²) in [5.74, 6) is 0.773. The van der Waals surface area contributed by atoms with Gasteiger partial charge in [0.25, 0.3) is 0 Å². The first-order chi connectivity index (χ1) is 9.56. The van der Waals surface area contributed by atoms with Crippen molar-refractivity contribution >= 4 is 23.2 Å². The van der Waals surface area contributed by atoms with Crippen LogP contribution < -0.4 is 10.5 Å². The number of nitrogens with two attached hydrogens (primary N) is 1. The minimum absolute atomic E-state index is 0.0309. The number of hydrogen-bond acceptors (Lipinski definition) is 2. The maximum absolute atomic E-state index is 6.22. The summed E-state index contributed by atoms with van der Waals surface area (Å²) in [4.78, 5) is 0. The molecule has 0 saturated carbocycles. The van der Waals surface area contributed by atoms with Gasteiger partial charge in [-0.2, -0.15) is 0 Å². The van der Waals surface area contributed by atoms with E-state index in [1.54, 1.807) is 0 Å². The maximum Gasteiger partial charge on any atom is 0.124 e. The van der Waals surface area contributed by atoms with Crippen LogP contribution in [0.15, 0.2) is 42.5 Å². The molecular formula is C16H17Cl2NO. The van der Waals surface area contributed by atoms with Crippen molar-refractivity contribution < 1.29 is 4.74 Å². The lowest BCUT2D eigenvalue weighted by Gasteiger charge is -2.14. The summed E-state index contributed by atoms with van der Waals surface area (Å²) in [5.41, 5.74) is 7.83. The summed E-state index contributed by atoms with van der Waals surface area (Å²) in [6.07, 6.45) is 0.685. The summed E-state index contributed by atoms with van der Waals surface area (Å²) < 4.78 is 5.86. The van der Waals surface area contributed by atoms with Gasteiger partial charge < -0.3 is 10.5 Å². The molecule has 0 fully saturated rings. The van der Waals surface area contributed by atoms with Gasteiger partial charge in [0.2, 0.25) is 0 Å². The monoisotopic (exact) mass is 309 g/mol. The Labute approximate surface area is 129 Å². The molecule has 0 aliphatic carbocycles. The highest BCUT2D eigenvalue weighted by Crippen LogP contribution is 2.28. The standard InChI is InChI=1S/C16H17Cl2NO/c1-11(19)8-14-15(18)6-3-7-16(14)20-10-12-4-2-5-13(17)9-12/h2-7,9,11H,8,10,19H2,1H3. The van der Waals surface area contributed by atoms with Crippen LogP contribution in [0.25, 0.3) is 0 Å².